The maximum Gasteiger partial charge on any atom is 0.247 e. The summed E-state index contributed by atoms with van der Waals surface area (Å²) in [6.07, 6.45) is 4.08. The number of pyridine rings is 1. The van der Waals surface area contributed by atoms with Crippen LogP contribution in [0.3, 0.4) is 0 Å². The molecule has 0 saturated carbocycles. The molecule has 0 radical (unpaired) electrons. The van der Waals surface area contributed by atoms with Crippen LogP contribution in [-0.4, -0.2) is 23.5 Å². The number of aromatic nitrogens is 1. The second-order valence-electron chi connectivity index (χ2n) is 5.07. The van der Waals surface area contributed by atoms with Gasteiger partial charge in [-0.2, -0.15) is 0 Å². The van der Waals surface area contributed by atoms with Crippen molar-refractivity contribution in [1.82, 2.24) is 4.98 Å². The summed E-state index contributed by atoms with van der Waals surface area (Å²) >= 11 is 0. The monoisotopic (exact) mass is 231 g/mol. The molecule has 2 unspecified atom stereocenters. The van der Waals surface area contributed by atoms with Gasteiger partial charge in [-0.25, -0.2) is 4.98 Å². The van der Waals surface area contributed by atoms with E-state index in [0.29, 0.717) is 5.92 Å². The first-order chi connectivity index (χ1) is 8.18. The van der Waals surface area contributed by atoms with Gasteiger partial charge in [-0.1, -0.05) is 6.92 Å². The molecule has 1 saturated heterocycles. The Labute approximate surface area is 101 Å². The van der Waals surface area contributed by atoms with E-state index in [-0.39, 0.29) is 11.9 Å². The quantitative estimate of drug-likeness (QED) is 0.742. The smallest absolute Gasteiger partial charge is 0.247 e. The molecule has 2 aliphatic rings. The minimum Gasteiger partial charge on any atom is -0.343 e. The van der Waals surface area contributed by atoms with Gasteiger partial charge in [0.05, 0.1) is 5.69 Å². The Bertz CT molecular complexity index is 472. The maximum atomic E-state index is 12.2. The fourth-order valence-corrected chi connectivity index (χ4v) is 2.94. The zero-order chi connectivity index (χ0) is 12.0. The number of fused-ring (bicyclic) bond motifs is 3. The van der Waals surface area contributed by atoms with E-state index < -0.39 is 0 Å². The first-order valence-corrected chi connectivity index (χ1v) is 6.21. The standard InChI is InChI=1S/C13H17N3O/c1-8-5-6-14-12-10(8)15-13(17)11-9(2)4-3-7-16(11)12/h5-6,9,11H,3-4,7H2,1-2H3,(H,15,17). The van der Waals surface area contributed by atoms with E-state index in [4.69, 9.17) is 0 Å². The molecule has 0 aliphatic carbocycles. The molecule has 1 aromatic rings. The second-order valence-corrected chi connectivity index (χ2v) is 5.07. The molecule has 2 atom stereocenters. The van der Waals surface area contributed by atoms with Crippen molar-refractivity contribution in [2.45, 2.75) is 32.7 Å². The molecule has 4 nitrogen and oxygen atoms in total. The Morgan fingerprint density at radius 1 is 1.53 bits per heavy atom. The summed E-state index contributed by atoms with van der Waals surface area (Å²) in [6.45, 7) is 5.09. The van der Waals surface area contributed by atoms with Gasteiger partial charge in [0.1, 0.15) is 6.04 Å². The van der Waals surface area contributed by atoms with E-state index in [0.717, 1.165) is 36.5 Å². The fourth-order valence-electron chi connectivity index (χ4n) is 2.94. The molecular formula is C13H17N3O. The van der Waals surface area contributed by atoms with Crippen LogP contribution in [0, 0.1) is 12.8 Å². The zero-order valence-electron chi connectivity index (χ0n) is 10.2. The van der Waals surface area contributed by atoms with Crippen molar-refractivity contribution < 1.29 is 4.79 Å². The third kappa shape index (κ3) is 1.51. The molecule has 1 fully saturated rings. The van der Waals surface area contributed by atoms with Crippen molar-refractivity contribution in [3.05, 3.63) is 17.8 Å². The molecule has 0 bridgehead atoms. The van der Waals surface area contributed by atoms with Gasteiger partial charge in [0, 0.05) is 12.7 Å². The van der Waals surface area contributed by atoms with Crippen LogP contribution in [0.1, 0.15) is 25.3 Å². The molecule has 3 heterocycles. The molecule has 17 heavy (non-hydrogen) atoms. The van der Waals surface area contributed by atoms with Gasteiger partial charge >= 0.3 is 0 Å². The molecule has 2 aliphatic heterocycles. The summed E-state index contributed by atoms with van der Waals surface area (Å²) in [5.41, 5.74) is 1.97. The number of rotatable bonds is 0. The molecule has 1 aromatic heterocycles. The van der Waals surface area contributed by atoms with E-state index in [1.165, 1.54) is 0 Å². The van der Waals surface area contributed by atoms with Crippen molar-refractivity contribution in [2.75, 3.05) is 16.8 Å². The number of piperidine rings is 1. The first-order valence-electron chi connectivity index (χ1n) is 6.21. The number of nitrogens with one attached hydrogen (secondary N) is 1. The SMILES string of the molecule is Cc1ccnc2c1NC(=O)C1C(C)CCCN21. The Morgan fingerprint density at radius 3 is 3.18 bits per heavy atom. The summed E-state index contributed by atoms with van der Waals surface area (Å²) in [7, 11) is 0. The summed E-state index contributed by atoms with van der Waals surface area (Å²) in [4.78, 5) is 18.8. The van der Waals surface area contributed by atoms with Crippen LogP contribution in [0.4, 0.5) is 11.5 Å². The third-order valence-corrected chi connectivity index (χ3v) is 3.86. The highest BCUT2D eigenvalue weighted by Crippen LogP contribution is 2.37. The van der Waals surface area contributed by atoms with E-state index in [1.807, 2.05) is 19.2 Å². The number of aryl methyl sites for hydroxylation is 1. The van der Waals surface area contributed by atoms with E-state index in [1.54, 1.807) is 0 Å². The predicted octanol–water partition coefficient (Wildman–Crippen LogP) is 1.95. The molecule has 1 amide bonds. The van der Waals surface area contributed by atoms with Gasteiger partial charge < -0.3 is 10.2 Å². The normalized spacial score (nSPS) is 27.2. The molecule has 90 valence electrons. The molecule has 4 heteroatoms. The number of carbonyl (C=O) groups excluding carboxylic acids is 1. The molecule has 3 rings (SSSR count). The summed E-state index contributed by atoms with van der Waals surface area (Å²) in [5.74, 6) is 1.47. The lowest BCUT2D eigenvalue weighted by atomic mass is 9.88. The Hall–Kier alpha value is -1.58. The first kappa shape index (κ1) is 10.6. The highest BCUT2D eigenvalue weighted by molar-refractivity contribution is 6.03. The van der Waals surface area contributed by atoms with Crippen LogP contribution >= 0.6 is 0 Å². The second kappa shape index (κ2) is 3.72. The van der Waals surface area contributed by atoms with Crippen LogP contribution in [0.5, 0.6) is 0 Å². The largest absolute Gasteiger partial charge is 0.343 e. The highest BCUT2D eigenvalue weighted by Gasteiger charge is 2.39. The minimum atomic E-state index is -0.0365. The summed E-state index contributed by atoms with van der Waals surface area (Å²) in [5, 5.41) is 3.01. The van der Waals surface area contributed by atoms with Gasteiger partial charge in [-0.15, -0.1) is 0 Å². The van der Waals surface area contributed by atoms with Crippen molar-refractivity contribution >= 4 is 17.4 Å². The Balaban J connectivity index is 2.10. The van der Waals surface area contributed by atoms with Crippen molar-refractivity contribution in [1.29, 1.82) is 0 Å². The summed E-state index contributed by atoms with van der Waals surface area (Å²) in [6, 6.07) is 1.90. The Kier molecular flexibility index (Phi) is 2.31. The zero-order valence-corrected chi connectivity index (χ0v) is 10.2. The number of anilines is 2. The van der Waals surface area contributed by atoms with E-state index >= 15 is 0 Å². The lowest BCUT2D eigenvalue weighted by Gasteiger charge is -2.43. The van der Waals surface area contributed by atoms with Crippen LogP contribution < -0.4 is 10.2 Å². The molecule has 1 N–H and O–H groups in total. The molecular weight excluding hydrogens is 214 g/mol. The molecule has 0 spiro atoms. The van der Waals surface area contributed by atoms with Crippen LogP contribution in [0.2, 0.25) is 0 Å². The van der Waals surface area contributed by atoms with Crippen molar-refractivity contribution in [3.8, 4) is 0 Å². The topological polar surface area (TPSA) is 45.2 Å². The predicted molar refractivity (Wildman–Crippen MR) is 67.1 cm³/mol. The van der Waals surface area contributed by atoms with Gasteiger partial charge in [0.2, 0.25) is 5.91 Å². The van der Waals surface area contributed by atoms with Gasteiger partial charge in [-0.05, 0) is 37.3 Å². The number of carbonyl (C=O) groups is 1. The average molecular weight is 231 g/mol. The van der Waals surface area contributed by atoms with Crippen LogP contribution in [0.25, 0.3) is 0 Å². The fraction of sp³-hybridized carbons (Fsp3) is 0.538. The Morgan fingerprint density at radius 2 is 2.35 bits per heavy atom. The molecule has 0 aromatic carbocycles. The highest BCUT2D eigenvalue weighted by atomic mass is 16.2. The van der Waals surface area contributed by atoms with Crippen molar-refractivity contribution in [3.63, 3.8) is 0 Å². The van der Waals surface area contributed by atoms with E-state index in [2.05, 4.69) is 22.1 Å². The summed E-state index contributed by atoms with van der Waals surface area (Å²) < 4.78 is 0. The van der Waals surface area contributed by atoms with Gasteiger partial charge in [0.15, 0.2) is 5.82 Å². The number of hydrogen-bond acceptors (Lipinski definition) is 3. The van der Waals surface area contributed by atoms with Crippen molar-refractivity contribution in [2.24, 2.45) is 5.92 Å². The van der Waals surface area contributed by atoms with Gasteiger partial charge in [0.25, 0.3) is 0 Å². The minimum absolute atomic E-state index is 0.0365. The average Bonchev–Trinajstić information content (AvgIpc) is 2.31. The van der Waals surface area contributed by atoms with Crippen LogP contribution in [-0.2, 0) is 4.79 Å². The van der Waals surface area contributed by atoms with E-state index in [9.17, 15) is 4.79 Å². The third-order valence-electron chi connectivity index (χ3n) is 3.86. The van der Waals surface area contributed by atoms with Crippen LogP contribution in [0.15, 0.2) is 12.3 Å². The lowest BCUT2D eigenvalue weighted by Crippen LogP contribution is -2.54. The number of hydrogen-bond donors (Lipinski definition) is 1. The maximum absolute atomic E-state index is 12.2. The lowest BCUT2D eigenvalue weighted by molar-refractivity contribution is -0.119. The van der Waals surface area contributed by atoms with Gasteiger partial charge in [-0.3, -0.25) is 4.79 Å². The number of nitrogens with zero attached hydrogens (tertiary/aromatic N) is 2. The number of amides is 1.